The fraction of sp³-hybridized carbons (Fsp3) is 0.455. The van der Waals surface area contributed by atoms with Gasteiger partial charge in [-0.3, -0.25) is 4.79 Å². The number of hydrogen-bond donors (Lipinski definition) is 0. The second-order valence-corrected chi connectivity index (χ2v) is 4.07. The van der Waals surface area contributed by atoms with Gasteiger partial charge in [-0.05, 0) is 25.7 Å². The van der Waals surface area contributed by atoms with Gasteiger partial charge >= 0.3 is 0 Å². The molecule has 0 N–H and O–H groups in total. The van der Waals surface area contributed by atoms with Gasteiger partial charge in [0, 0.05) is 12.2 Å². The highest BCUT2D eigenvalue weighted by atomic mass is 35.5. The normalized spacial score (nSPS) is 14.7. The molecule has 1 aliphatic rings. The van der Waals surface area contributed by atoms with Crippen LogP contribution < -0.4 is 5.56 Å². The van der Waals surface area contributed by atoms with E-state index in [1.165, 1.54) is 0 Å². The molecule has 4 heteroatoms. The van der Waals surface area contributed by atoms with Crippen molar-refractivity contribution >= 4 is 11.6 Å². The second-order valence-electron chi connectivity index (χ2n) is 3.71. The Hall–Kier alpha value is -1.09. The summed E-state index contributed by atoms with van der Waals surface area (Å²) in [5.41, 5.74) is 1.82. The summed E-state index contributed by atoms with van der Waals surface area (Å²) in [6, 6.07) is 0. The third-order valence-electron chi connectivity index (χ3n) is 2.70. The minimum absolute atomic E-state index is 0.0810. The molecular formula is C11H13ClN2O. The molecule has 0 atom stereocenters. The van der Waals surface area contributed by atoms with E-state index in [1.54, 1.807) is 10.6 Å². The van der Waals surface area contributed by atoms with Gasteiger partial charge in [-0.1, -0.05) is 17.7 Å². The number of fused-ring (bicyclic) bond motifs is 1. The van der Waals surface area contributed by atoms with Crippen LogP contribution in [0.4, 0.5) is 0 Å². The van der Waals surface area contributed by atoms with Crippen molar-refractivity contribution in [3.05, 3.63) is 39.5 Å². The maximum absolute atomic E-state index is 11.8. The minimum Gasteiger partial charge on any atom is -0.304 e. The van der Waals surface area contributed by atoms with Crippen LogP contribution >= 0.6 is 11.6 Å². The first-order valence-electron chi connectivity index (χ1n) is 5.13. The summed E-state index contributed by atoms with van der Waals surface area (Å²) in [6.07, 6.45) is 5.80. The first-order valence-corrected chi connectivity index (χ1v) is 5.51. The van der Waals surface area contributed by atoms with E-state index in [4.69, 9.17) is 11.6 Å². The fourth-order valence-electron chi connectivity index (χ4n) is 2.01. The fourth-order valence-corrected chi connectivity index (χ4v) is 2.21. The van der Waals surface area contributed by atoms with E-state index in [0.717, 1.165) is 37.1 Å². The zero-order valence-electron chi connectivity index (χ0n) is 8.50. The average molecular weight is 225 g/mol. The topological polar surface area (TPSA) is 34.9 Å². The molecule has 0 bridgehead atoms. The van der Waals surface area contributed by atoms with Gasteiger partial charge in [-0.2, -0.15) is 0 Å². The Morgan fingerprint density at radius 2 is 2.20 bits per heavy atom. The van der Waals surface area contributed by atoms with E-state index in [2.05, 4.69) is 11.6 Å². The van der Waals surface area contributed by atoms with Gasteiger partial charge in [0.1, 0.15) is 0 Å². The number of halogens is 1. The number of hydrogen-bond acceptors (Lipinski definition) is 2. The van der Waals surface area contributed by atoms with E-state index in [1.807, 2.05) is 0 Å². The highest BCUT2D eigenvalue weighted by Crippen LogP contribution is 2.19. The molecule has 1 heterocycles. The predicted molar refractivity (Wildman–Crippen MR) is 60.3 cm³/mol. The molecule has 0 unspecified atom stereocenters. The van der Waals surface area contributed by atoms with Crippen LogP contribution in [-0.2, 0) is 19.4 Å². The monoisotopic (exact) mass is 224 g/mol. The smallest absolute Gasteiger partial charge is 0.288 e. The summed E-state index contributed by atoms with van der Waals surface area (Å²) in [6.45, 7) is 4.17. The third kappa shape index (κ3) is 1.84. The Bertz CT molecular complexity index is 451. The Morgan fingerprint density at radius 1 is 1.47 bits per heavy atom. The SMILES string of the molecule is C=CCn1c2c(nc(Cl)c1=O)CCCC2. The molecule has 3 nitrogen and oxygen atoms in total. The summed E-state index contributed by atoms with van der Waals surface area (Å²) < 4.78 is 1.69. The van der Waals surface area contributed by atoms with Crippen LogP contribution in [0.15, 0.2) is 17.4 Å². The van der Waals surface area contributed by atoms with Crippen LogP contribution in [0.25, 0.3) is 0 Å². The lowest BCUT2D eigenvalue weighted by atomic mass is 10.00. The van der Waals surface area contributed by atoms with Crippen molar-refractivity contribution in [3.63, 3.8) is 0 Å². The Morgan fingerprint density at radius 3 is 2.93 bits per heavy atom. The van der Waals surface area contributed by atoms with Crippen molar-refractivity contribution in [1.82, 2.24) is 9.55 Å². The van der Waals surface area contributed by atoms with Crippen molar-refractivity contribution in [2.24, 2.45) is 0 Å². The molecule has 1 aliphatic carbocycles. The van der Waals surface area contributed by atoms with Crippen molar-refractivity contribution in [3.8, 4) is 0 Å². The van der Waals surface area contributed by atoms with Gasteiger partial charge in [-0.15, -0.1) is 6.58 Å². The molecule has 0 aromatic carbocycles. The predicted octanol–water partition coefficient (Wildman–Crippen LogP) is 1.96. The highest BCUT2D eigenvalue weighted by molar-refractivity contribution is 6.29. The minimum atomic E-state index is -0.197. The number of allylic oxidation sites excluding steroid dienone is 1. The maximum atomic E-state index is 11.8. The van der Waals surface area contributed by atoms with Gasteiger partial charge in [0.25, 0.3) is 5.56 Å². The van der Waals surface area contributed by atoms with Gasteiger partial charge in [-0.25, -0.2) is 4.98 Å². The molecule has 0 saturated heterocycles. The molecule has 0 spiro atoms. The Balaban J connectivity index is 2.62. The lowest BCUT2D eigenvalue weighted by Crippen LogP contribution is -2.28. The standard InChI is InChI=1S/C11H13ClN2O/c1-2-7-14-9-6-4-3-5-8(9)13-10(12)11(14)15/h2H,1,3-7H2. The second kappa shape index (κ2) is 4.19. The van der Waals surface area contributed by atoms with Crippen molar-refractivity contribution < 1.29 is 0 Å². The molecule has 0 fully saturated rings. The summed E-state index contributed by atoms with van der Waals surface area (Å²) in [5.74, 6) is 0. The largest absolute Gasteiger partial charge is 0.304 e. The van der Waals surface area contributed by atoms with E-state index >= 15 is 0 Å². The molecule has 0 radical (unpaired) electrons. The van der Waals surface area contributed by atoms with Crippen molar-refractivity contribution in [2.45, 2.75) is 32.2 Å². The Labute approximate surface area is 93.4 Å². The van der Waals surface area contributed by atoms with Gasteiger partial charge in [0.05, 0.1) is 5.69 Å². The van der Waals surface area contributed by atoms with Crippen LogP contribution in [0, 0.1) is 0 Å². The third-order valence-corrected chi connectivity index (χ3v) is 2.95. The summed E-state index contributed by atoms with van der Waals surface area (Å²) in [7, 11) is 0. The Kier molecular flexibility index (Phi) is 2.91. The molecule has 2 rings (SSSR count). The maximum Gasteiger partial charge on any atom is 0.288 e. The van der Waals surface area contributed by atoms with E-state index in [0.29, 0.717) is 6.54 Å². The first kappa shape index (κ1) is 10.4. The molecular weight excluding hydrogens is 212 g/mol. The van der Waals surface area contributed by atoms with Gasteiger partial charge < -0.3 is 4.57 Å². The number of nitrogens with zero attached hydrogens (tertiary/aromatic N) is 2. The van der Waals surface area contributed by atoms with Crippen LogP contribution in [0.2, 0.25) is 5.15 Å². The van der Waals surface area contributed by atoms with E-state index in [-0.39, 0.29) is 10.7 Å². The zero-order chi connectivity index (χ0) is 10.8. The van der Waals surface area contributed by atoms with Crippen molar-refractivity contribution in [1.29, 1.82) is 0 Å². The van der Waals surface area contributed by atoms with E-state index in [9.17, 15) is 4.79 Å². The molecule has 0 aliphatic heterocycles. The first-order chi connectivity index (χ1) is 7.24. The average Bonchev–Trinajstić information content (AvgIpc) is 2.25. The number of aryl methyl sites for hydroxylation is 1. The number of rotatable bonds is 2. The summed E-state index contributed by atoms with van der Waals surface area (Å²) in [5, 5.41) is 0.0810. The summed E-state index contributed by atoms with van der Waals surface area (Å²) in [4.78, 5) is 15.9. The van der Waals surface area contributed by atoms with E-state index < -0.39 is 0 Å². The lowest BCUT2D eigenvalue weighted by molar-refractivity contribution is 0.588. The van der Waals surface area contributed by atoms with Crippen LogP contribution in [0.1, 0.15) is 24.2 Å². The van der Waals surface area contributed by atoms with Crippen LogP contribution in [-0.4, -0.2) is 9.55 Å². The highest BCUT2D eigenvalue weighted by Gasteiger charge is 2.17. The van der Waals surface area contributed by atoms with Gasteiger partial charge in [0.15, 0.2) is 5.15 Å². The molecule has 80 valence electrons. The summed E-state index contributed by atoms with van der Waals surface area (Å²) >= 11 is 5.81. The lowest BCUT2D eigenvalue weighted by Gasteiger charge is -2.19. The molecule has 1 aromatic heterocycles. The van der Waals surface area contributed by atoms with Gasteiger partial charge in [0.2, 0.25) is 0 Å². The quantitative estimate of drug-likeness (QED) is 0.720. The van der Waals surface area contributed by atoms with Crippen LogP contribution in [0.5, 0.6) is 0 Å². The molecule has 1 aromatic rings. The van der Waals surface area contributed by atoms with Crippen LogP contribution in [0.3, 0.4) is 0 Å². The number of aromatic nitrogens is 2. The molecule has 15 heavy (non-hydrogen) atoms. The van der Waals surface area contributed by atoms with Crippen molar-refractivity contribution in [2.75, 3.05) is 0 Å². The zero-order valence-corrected chi connectivity index (χ0v) is 9.26. The molecule has 0 amide bonds. The molecule has 0 saturated carbocycles.